The van der Waals surface area contributed by atoms with Crippen LogP contribution in [0.4, 0.5) is 26.3 Å². The van der Waals surface area contributed by atoms with E-state index in [1.54, 1.807) is 0 Å². The highest BCUT2D eigenvalue weighted by Crippen LogP contribution is 2.43. The molecule has 1 heterocycles. The van der Waals surface area contributed by atoms with Crippen molar-refractivity contribution < 1.29 is 31.1 Å². The summed E-state index contributed by atoms with van der Waals surface area (Å²) in [6, 6.07) is 0. The molecule has 13 heavy (non-hydrogen) atoms. The van der Waals surface area contributed by atoms with E-state index in [2.05, 4.69) is 4.74 Å². The highest BCUT2D eigenvalue weighted by Gasteiger charge is 2.58. The van der Waals surface area contributed by atoms with Gasteiger partial charge in [0.15, 0.2) is 5.92 Å². The summed E-state index contributed by atoms with van der Waals surface area (Å²) in [7, 11) is 0. The minimum absolute atomic E-state index is 0.0112. The Hall–Kier alpha value is -0.460. The van der Waals surface area contributed by atoms with Gasteiger partial charge in [-0.05, 0) is 6.42 Å². The minimum atomic E-state index is -5.23. The molecule has 0 saturated carbocycles. The molecule has 1 unspecified atom stereocenters. The first-order chi connectivity index (χ1) is 5.71. The quantitative estimate of drug-likeness (QED) is 0.501. The Bertz CT molecular complexity index is 165. The first kappa shape index (κ1) is 10.6. The number of alkyl halides is 6. The Balaban J connectivity index is 2.63. The standard InChI is InChI=1S/C6H6F6O/c7-5(8,9)4(6(10,11)12)1-3-2-13-3/h3-4H,1-2H2. The van der Waals surface area contributed by atoms with E-state index in [0.29, 0.717) is 0 Å². The molecule has 0 spiro atoms. The highest BCUT2D eigenvalue weighted by atomic mass is 19.4. The molecule has 1 rings (SSSR count). The van der Waals surface area contributed by atoms with Crippen LogP contribution in [0.5, 0.6) is 0 Å². The molecule has 0 aromatic heterocycles. The summed E-state index contributed by atoms with van der Waals surface area (Å²) in [5.41, 5.74) is 0. The summed E-state index contributed by atoms with van der Waals surface area (Å²) in [6.07, 6.45) is -12.4. The van der Waals surface area contributed by atoms with Gasteiger partial charge in [0.2, 0.25) is 0 Å². The predicted octanol–water partition coefficient (Wildman–Crippen LogP) is 2.52. The maximum absolute atomic E-state index is 11.8. The molecule has 1 saturated heterocycles. The van der Waals surface area contributed by atoms with Crippen molar-refractivity contribution >= 4 is 0 Å². The van der Waals surface area contributed by atoms with Gasteiger partial charge in [-0.1, -0.05) is 0 Å². The van der Waals surface area contributed by atoms with Crippen molar-refractivity contribution in [2.75, 3.05) is 6.61 Å². The number of hydrogen-bond donors (Lipinski definition) is 0. The van der Waals surface area contributed by atoms with Crippen LogP contribution >= 0.6 is 0 Å². The Kier molecular flexibility index (Phi) is 2.48. The molecule has 0 aromatic rings. The van der Waals surface area contributed by atoms with Gasteiger partial charge >= 0.3 is 12.4 Å². The van der Waals surface area contributed by atoms with Crippen LogP contribution in [0, 0.1) is 5.92 Å². The third-order valence-electron chi connectivity index (χ3n) is 1.69. The van der Waals surface area contributed by atoms with E-state index in [1.807, 2.05) is 0 Å². The lowest BCUT2D eigenvalue weighted by molar-refractivity contribution is -0.286. The Morgan fingerprint density at radius 1 is 1.08 bits per heavy atom. The van der Waals surface area contributed by atoms with Crippen molar-refractivity contribution in [3.8, 4) is 0 Å². The number of hydrogen-bond acceptors (Lipinski definition) is 1. The van der Waals surface area contributed by atoms with Crippen molar-refractivity contribution in [3.63, 3.8) is 0 Å². The smallest absolute Gasteiger partial charge is 0.373 e. The van der Waals surface area contributed by atoms with Gasteiger partial charge in [-0.15, -0.1) is 0 Å². The van der Waals surface area contributed by atoms with Crippen LogP contribution in [0.1, 0.15) is 6.42 Å². The molecule has 1 fully saturated rings. The molecular formula is C6H6F6O. The molecular weight excluding hydrogens is 202 g/mol. The first-order valence-electron chi connectivity index (χ1n) is 3.46. The van der Waals surface area contributed by atoms with Gasteiger partial charge < -0.3 is 4.74 Å². The van der Waals surface area contributed by atoms with Gasteiger partial charge in [0.05, 0.1) is 12.7 Å². The summed E-state index contributed by atoms with van der Waals surface area (Å²) >= 11 is 0. The van der Waals surface area contributed by atoms with E-state index in [1.165, 1.54) is 0 Å². The largest absolute Gasteiger partial charge is 0.400 e. The average Bonchev–Trinajstić information content (AvgIpc) is 2.58. The van der Waals surface area contributed by atoms with Crippen molar-refractivity contribution in [2.24, 2.45) is 5.92 Å². The molecule has 1 nitrogen and oxygen atoms in total. The topological polar surface area (TPSA) is 12.5 Å². The van der Waals surface area contributed by atoms with E-state index in [4.69, 9.17) is 0 Å². The number of ether oxygens (including phenoxy) is 1. The summed E-state index contributed by atoms with van der Waals surface area (Å²) in [4.78, 5) is 0. The van der Waals surface area contributed by atoms with Crippen LogP contribution in [0.3, 0.4) is 0 Å². The molecule has 0 radical (unpaired) electrons. The van der Waals surface area contributed by atoms with Gasteiger partial charge in [-0.25, -0.2) is 0 Å². The van der Waals surface area contributed by atoms with Crippen LogP contribution in [-0.2, 0) is 4.74 Å². The molecule has 0 amide bonds. The number of halogens is 6. The minimum Gasteiger partial charge on any atom is -0.373 e. The fourth-order valence-corrected chi connectivity index (χ4v) is 0.920. The lowest BCUT2D eigenvalue weighted by Gasteiger charge is -2.21. The molecule has 1 aliphatic heterocycles. The molecule has 0 N–H and O–H groups in total. The first-order valence-corrected chi connectivity index (χ1v) is 3.46. The van der Waals surface area contributed by atoms with Crippen LogP contribution in [0.2, 0.25) is 0 Å². The normalized spacial score (nSPS) is 23.8. The zero-order valence-corrected chi connectivity index (χ0v) is 6.24. The van der Waals surface area contributed by atoms with Gasteiger partial charge in [-0.2, -0.15) is 26.3 Å². The third-order valence-corrected chi connectivity index (χ3v) is 1.69. The van der Waals surface area contributed by atoms with Crippen molar-refractivity contribution in [1.29, 1.82) is 0 Å². The van der Waals surface area contributed by atoms with E-state index in [-0.39, 0.29) is 6.61 Å². The molecule has 0 aromatic carbocycles. The third kappa shape index (κ3) is 3.06. The lowest BCUT2D eigenvalue weighted by atomic mass is 10.0. The zero-order chi connectivity index (χ0) is 10.3. The van der Waals surface area contributed by atoms with Gasteiger partial charge in [0.1, 0.15) is 0 Å². The number of epoxide rings is 1. The van der Waals surface area contributed by atoms with E-state index < -0.39 is 30.8 Å². The molecule has 1 aliphatic rings. The summed E-state index contributed by atoms with van der Waals surface area (Å²) in [5.74, 6) is -3.26. The SMILES string of the molecule is FC(F)(F)C(CC1CO1)C(F)(F)F. The Labute approximate surface area is 69.7 Å². The molecule has 0 bridgehead atoms. The molecule has 0 aliphatic carbocycles. The molecule has 7 heteroatoms. The fourth-order valence-electron chi connectivity index (χ4n) is 0.920. The zero-order valence-electron chi connectivity index (χ0n) is 6.24. The summed E-state index contributed by atoms with van der Waals surface area (Å²) in [6.45, 7) is -0.0112. The highest BCUT2D eigenvalue weighted by molar-refractivity contribution is 4.82. The number of rotatable bonds is 2. The lowest BCUT2D eigenvalue weighted by Crippen LogP contribution is -2.37. The second-order valence-electron chi connectivity index (χ2n) is 2.83. The predicted molar refractivity (Wildman–Crippen MR) is 30.0 cm³/mol. The van der Waals surface area contributed by atoms with Crippen LogP contribution < -0.4 is 0 Å². The van der Waals surface area contributed by atoms with E-state index >= 15 is 0 Å². The average molecular weight is 208 g/mol. The molecule has 1 atom stereocenters. The van der Waals surface area contributed by atoms with Gasteiger partial charge in [-0.3, -0.25) is 0 Å². The fraction of sp³-hybridized carbons (Fsp3) is 1.00. The van der Waals surface area contributed by atoms with Gasteiger partial charge in [0.25, 0.3) is 0 Å². The van der Waals surface area contributed by atoms with E-state index in [9.17, 15) is 26.3 Å². The van der Waals surface area contributed by atoms with Crippen molar-refractivity contribution in [2.45, 2.75) is 24.9 Å². The monoisotopic (exact) mass is 208 g/mol. The van der Waals surface area contributed by atoms with Crippen LogP contribution in [0.25, 0.3) is 0 Å². The van der Waals surface area contributed by atoms with Crippen LogP contribution in [0.15, 0.2) is 0 Å². The van der Waals surface area contributed by atoms with Gasteiger partial charge in [0, 0.05) is 0 Å². The Morgan fingerprint density at radius 3 is 1.69 bits per heavy atom. The second kappa shape index (κ2) is 3.04. The summed E-state index contributed by atoms with van der Waals surface area (Å²) < 4.78 is 75.3. The van der Waals surface area contributed by atoms with Crippen LogP contribution in [-0.4, -0.2) is 25.1 Å². The maximum atomic E-state index is 11.8. The van der Waals surface area contributed by atoms with Crippen molar-refractivity contribution in [1.82, 2.24) is 0 Å². The second-order valence-corrected chi connectivity index (χ2v) is 2.83. The van der Waals surface area contributed by atoms with E-state index in [0.717, 1.165) is 0 Å². The summed E-state index contributed by atoms with van der Waals surface area (Å²) in [5, 5.41) is 0. The maximum Gasteiger partial charge on any atom is 0.400 e. The van der Waals surface area contributed by atoms with Crippen molar-refractivity contribution in [3.05, 3.63) is 0 Å². The Morgan fingerprint density at radius 2 is 1.46 bits per heavy atom. The molecule has 78 valence electrons.